The van der Waals surface area contributed by atoms with Crippen molar-refractivity contribution in [1.82, 2.24) is 0 Å². The van der Waals surface area contributed by atoms with Crippen molar-refractivity contribution in [3.63, 3.8) is 0 Å². The fraction of sp³-hybridized carbons (Fsp3) is 0.600. The monoisotopic (exact) mass is 130 g/mol. The zero-order valence-electron chi connectivity index (χ0n) is 5.18. The van der Waals surface area contributed by atoms with Crippen LogP contribution in [-0.2, 0) is 9.47 Å². The Morgan fingerprint density at radius 2 is 2.00 bits per heavy atom. The van der Waals surface area contributed by atoms with Gasteiger partial charge < -0.3 is 9.47 Å². The van der Waals surface area contributed by atoms with Gasteiger partial charge in [0.15, 0.2) is 0 Å². The summed E-state index contributed by atoms with van der Waals surface area (Å²) in [4.78, 5) is 0. The van der Waals surface area contributed by atoms with E-state index < -0.39 is 0 Å². The van der Waals surface area contributed by atoms with Gasteiger partial charge in [-0.2, -0.15) is 0 Å². The zero-order valence-corrected chi connectivity index (χ0v) is 6.18. The van der Waals surface area contributed by atoms with Crippen molar-refractivity contribution in [2.24, 2.45) is 0 Å². The number of methoxy groups -OCH3 is 2. The van der Waals surface area contributed by atoms with E-state index in [1.165, 1.54) is 0 Å². The smallest absolute Gasteiger partial charge is 0.147 e. The van der Waals surface area contributed by atoms with Gasteiger partial charge in [0, 0.05) is 14.2 Å². The van der Waals surface area contributed by atoms with E-state index in [9.17, 15) is 0 Å². The van der Waals surface area contributed by atoms with Gasteiger partial charge in [-0.25, -0.2) is 0 Å². The van der Waals surface area contributed by atoms with Gasteiger partial charge in [0.25, 0.3) is 0 Å². The second kappa shape index (κ2) is 5.02. The van der Waals surface area contributed by atoms with Gasteiger partial charge in [-0.05, 0) is 0 Å². The van der Waals surface area contributed by atoms with Crippen LogP contribution in [0.4, 0.5) is 0 Å². The van der Waals surface area contributed by atoms with Gasteiger partial charge in [0.05, 0.1) is 0 Å². The maximum absolute atomic E-state index is 4.86. The molecule has 0 unspecified atom stereocenters. The fourth-order valence-electron chi connectivity index (χ4n) is 0.329. The third-order valence-electron chi connectivity index (χ3n) is 0.682. The summed E-state index contributed by atoms with van der Waals surface area (Å²) < 4.78 is 9.72. The van der Waals surface area contributed by atoms with Crippen LogP contribution in [0.2, 0.25) is 0 Å². The van der Waals surface area contributed by atoms with Crippen LogP contribution < -0.4 is 0 Å². The highest BCUT2D eigenvalue weighted by Gasteiger charge is 2.00. The minimum Gasteiger partial charge on any atom is -0.360 e. The third kappa shape index (κ3) is 2.96. The van der Waals surface area contributed by atoms with Crippen LogP contribution in [0.5, 0.6) is 0 Å². The maximum atomic E-state index is 4.86. The van der Waals surface area contributed by atoms with Crippen molar-refractivity contribution < 1.29 is 9.47 Å². The largest absolute Gasteiger partial charge is 0.360 e. The standard InChI is InChI=1S/C5H10O2Si/c1-4-8-5(6-2)7-3/h4-5H,1H2,2-3H3. The normalized spacial score (nSPS) is 9.88. The third-order valence-corrected chi connectivity index (χ3v) is 1.66. The Hall–Kier alpha value is -0.123. The predicted octanol–water partition coefficient (Wildman–Crippen LogP) is 0.410. The molecule has 2 radical (unpaired) electrons. The Balaban J connectivity index is 3.20. The second-order valence-corrected chi connectivity index (χ2v) is 2.39. The summed E-state index contributed by atoms with van der Waals surface area (Å²) in [7, 11) is 3.76. The number of rotatable bonds is 4. The quantitative estimate of drug-likeness (QED) is 0.405. The molecule has 0 spiro atoms. The summed E-state index contributed by atoms with van der Waals surface area (Å²) in [5, 5.41) is 0. The molecular formula is C5H10O2Si. The Bertz CT molecular complexity index is 61.4. The molecule has 2 nitrogen and oxygen atoms in total. The van der Waals surface area contributed by atoms with Gasteiger partial charge in [0.2, 0.25) is 0 Å². The molecule has 46 valence electrons. The van der Waals surface area contributed by atoms with E-state index in [1.54, 1.807) is 19.9 Å². The molecule has 0 aliphatic carbocycles. The second-order valence-electron chi connectivity index (χ2n) is 1.17. The molecule has 0 N–H and O–H groups in total. The summed E-state index contributed by atoms with van der Waals surface area (Å²) in [6.45, 7) is 3.55. The first-order chi connectivity index (χ1) is 3.85. The molecule has 3 heteroatoms. The lowest BCUT2D eigenvalue weighted by molar-refractivity contribution is -0.0430. The molecule has 0 amide bonds. The highest BCUT2D eigenvalue weighted by atomic mass is 28.2. The van der Waals surface area contributed by atoms with Crippen molar-refractivity contribution in [1.29, 1.82) is 0 Å². The lowest BCUT2D eigenvalue weighted by Gasteiger charge is -2.08. The van der Waals surface area contributed by atoms with Gasteiger partial charge in [-0.15, -0.1) is 12.3 Å². The van der Waals surface area contributed by atoms with Crippen molar-refractivity contribution in [3.05, 3.63) is 12.3 Å². The first kappa shape index (κ1) is 7.88. The molecule has 8 heavy (non-hydrogen) atoms. The summed E-state index contributed by atoms with van der Waals surface area (Å²) in [5.41, 5.74) is 1.79. The van der Waals surface area contributed by atoms with Crippen molar-refractivity contribution in [3.8, 4) is 0 Å². The average Bonchev–Trinajstić information content (AvgIpc) is 1.83. The topological polar surface area (TPSA) is 18.5 Å². The molecular weight excluding hydrogens is 120 g/mol. The number of ether oxygens (including phenoxy) is 2. The maximum Gasteiger partial charge on any atom is 0.147 e. The molecule has 0 fully saturated rings. The first-order valence-corrected chi connectivity index (χ1v) is 3.43. The fourth-order valence-corrected chi connectivity index (χ4v) is 0.793. The minimum atomic E-state index is -0.0903. The molecule has 0 aromatic heterocycles. The molecule has 0 bridgehead atoms. The Kier molecular flexibility index (Phi) is 4.95. The van der Waals surface area contributed by atoms with Crippen LogP contribution in [0, 0.1) is 0 Å². The van der Waals surface area contributed by atoms with Crippen LogP contribution >= 0.6 is 0 Å². The Morgan fingerprint density at radius 3 is 2.12 bits per heavy atom. The van der Waals surface area contributed by atoms with Crippen molar-refractivity contribution in [2.45, 2.75) is 5.91 Å². The number of hydrogen-bond donors (Lipinski definition) is 0. The van der Waals surface area contributed by atoms with Crippen LogP contribution in [0.15, 0.2) is 12.3 Å². The molecule has 0 saturated heterocycles. The van der Waals surface area contributed by atoms with E-state index in [-0.39, 0.29) is 5.91 Å². The number of hydrogen-bond acceptors (Lipinski definition) is 2. The summed E-state index contributed by atoms with van der Waals surface area (Å²) in [6, 6.07) is 0. The highest BCUT2D eigenvalue weighted by Crippen LogP contribution is 1.85. The summed E-state index contributed by atoms with van der Waals surface area (Å²) >= 11 is 0. The van der Waals surface area contributed by atoms with Crippen LogP contribution in [-0.4, -0.2) is 29.7 Å². The van der Waals surface area contributed by atoms with Gasteiger partial charge in [-0.1, -0.05) is 0 Å². The van der Waals surface area contributed by atoms with Gasteiger partial charge in [0.1, 0.15) is 15.4 Å². The molecule has 0 heterocycles. The SMILES string of the molecule is C=C[Si]C(OC)OC. The van der Waals surface area contributed by atoms with E-state index in [2.05, 4.69) is 6.58 Å². The lowest BCUT2D eigenvalue weighted by Crippen LogP contribution is -2.19. The van der Waals surface area contributed by atoms with Crippen molar-refractivity contribution >= 4 is 9.52 Å². The minimum absolute atomic E-state index is 0.0903. The van der Waals surface area contributed by atoms with E-state index in [4.69, 9.17) is 9.47 Å². The van der Waals surface area contributed by atoms with Gasteiger partial charge in [-0.3, -0.25) is 0 Å². The lowest BCUT2D eigenvalue weighted by atomic mass is 11.3. The van der Waals surface area contributed by atoms with E-state index in [1.807, 2.05) is 0 Å². The van der Waals surface area contributed by atoms with Crippen molar-refractivity contribution in [2.75, 3.05) is 14.2 Å². The van der Waals surface area contributed by atoms with E-state index in [0.717, 1.165) is 0 Å². The Morgan fingerprint density at radius 1 is 1.50 bits per heavy atom. The molecule has 0 rings (SSSR count). The summed E-state index contributed by atoms with van der Waals surface area (Å²) in [5.74, 6) is -0.0903. The molecule has 0 atom stereocenters. The molecule has 0 aromatic carbocycles. The predicted molar refractivity (Wildman–Crippen MR) is 33.8 cm³/mol. The molecule has 0 aliphatic heterocycles. The van der Waals surface area contributed by atoms with Gasteiger partial charge >= 0.3 is 0 Å². The molecule has 0 saturated carbocycles. The van der Waals surface area contributed by atoms with E-state index >= 15 is 0 Å². The highest BCUT2D eigenvalue weighted by molar-refractivity contribution is 6.42. The van der Waals surface area contributed by atoms with E-state index in [0.29, 0.717) is 9.52 Å². The molecule has 0 aromatic rings. The zero-order chi connectivity index (χ0) is 6.41. The van der Waals surface area contributed by atoms with Crippen LogP contribution in [0.25, 0.3) is 0 Å². The first-order valence-electron chi connectivity index (χ1n) is 2.27. The van der Waals surface area contributed by atoms with Crippen LogP contribution in [0.3, 0.4) is 0 Å². The van der Waals surface area contributed by atoms with Crippen LogP contribution in [0.1, 0.15) is 0 Å². The Labute approximate surface area is 52.3 Å². The summed E-state index contributed by atoms with van der Waals surface area (Å²) in [6.07, 6.45) is 0. The molecule has 0 aliphatic rings. The average molecular weight is 130 g/mol.